The molecular formula is C27H35N9S. The first-order valence-electron chi connectivity index (χ1n) is 13.2. The molecule has 1 aliphatic carbocycles. The number of piperazine rings is 1. The molecule has 2 aliphatic rings. The maximum Gasteiger partial charge on any atom is 0.183 e. The van der Waals surface area contributed by atoms with Crippen LogP contribution in [0.25, 0.3) is 22.3 Å². The number of thiazole rings is 1. The molecule has 1 saturated carbocycles. The first kappa shape index (κ1) is 24.3. The second kappa shape index (κ2) is 10.4. The maximum atomic E-state index is 6.38. The number of aromatic nitrogens is 5. The lowest BCUT2D eigenvalue weighted by atomic mass is 9.90. The number of nitrogens with two attached hydrogens (primary N) is 1. The van der Waals surface area contributed by atoms with E-state index in [-0.39, 0.29) is 0 Å². The van der Waals surface area contributed by atoms with Crippen LogP contribution in [0.15, 0.2) is 36.8 Å². The van der Waals surface area contributed by atoms with Gasteiger partial charge in [0.05, 0.1) is 11.4 Å². The van der Waals surface area contributed by atoms with E-state index in [0.717, 1.165) is 46.8 Å². The van der Waals surface area contributed by atoms with Gasteiger partial charge < -0.3 is 16.0 Å². The summed E-state index contributed by atoms with van der Waals surface area (Å²) in [4.78, 5) is 19.6. The molecule has 0 unspecified atom stereocenters. The number of nitrogen functional groups attached to an aromatic ring is 1. The molecular weight excluding hydrogens is 482 g/mol. The summed E-state index contributed by atoms with van der Waals surface area (Å²) in [7, 11) is 2.22. The minimum absolute atomic E-state index is 0.333. The summed E-state index contributed by atoms with van der Waals surface area (Å²) < 4.78 is 2.13. The summed E-state index contributed by atoms with van der Waals surface area (Å²) in [6, 6.07) is 9.52. The molecule has 0 bridgehead atoms. The standard InChI is InChI=1S/C27H35N9S/c1-18-15-29-27(37-18)30-16-19-3-5-20(6-4-19)24-23-25(28)31-17-32-26(23)36(33-24)22-9-7-21(8-10-22)35-13-11-34(2)12-14-35/h3-6,15,17,21-22H,7-14,16H2,1-2H3,(H,29,30)(H2,28,31,32). The van der Waals surface area contributed by atoms with Crippen LogP contribution in [0.3, 0.4) is 0 Å². The van der Waals surface area contributed by atoms with Crippen molar-refractivity contribution in [1.29, 1.82) is 0 Å². The van der Waals surface area contributed by atoms with Gasteiger partial charge in [0.1, 0.15) is 17.8 Å². The van der Waals surface area contributed by atoms with Crippen LogP contribution in [0.4, 0.5) is 10.9 Å². The van der Waals surface area contributed by atoms with Crippen molar-refractivity contribution in [3.05, 3.63) is 47.2 Å². The number of hydrogen-bond acceptors (Lipinski definition) is 9. The number of fused-ring (bicyclic) bond motifs is 1. The fourth-order valence-corrected chi connectivity index (χ4v) is 6.36. The van der Waals surface area contributed by atoms with E-state index in [2.05, 4.69) is 73.0 Å². The lowest BCUT2D eigenvalue weighted by Crippen LogP contribution is -2.49. The van der Waals surface area contributed by atoms with Crippen LogP contribution >= 0.6 is 11.3 Å². The van der Waals surface area contributed by atoms with Gasteiger partial charge in [-0.3, -0.25) is 4.90 Å². The number of hydrogen-bond donors (Lipinski definition) is 2. The Morgan fingerprint density at radius 2 is 1.70 bits per heavy atom. The van der Waals surface area contributed by atoms with Crippen molar-refractivity contribution < 1.29 is 0 Å². The molecule has 2 fully saturated rings. The second-order valence-electron chi connectivity index (χ2n) is 10.4. The Bertz CT molecular complexity index is 1350. The summed E-state index contributed by atoms with van der Waals surface area (Å²) >= 11 is 1.67. The third kappa shape index (κ3) is 5.05. The SMILES string of the molecule is Cc1cnc(NCc2ccc(-c3nn(C4CCC(N5CCN(C)CC5)CC4)c4ncnc(N)c34)cc2)s1. The van der Waals surface area contributed by atoms with E-state index in [1.54, 1.807) is 17.7 Å². The predicted octanol–water partition coefficient (Wildman–Crippen LogP) is 4.18. The lowest BCUT2D eigenvalue weighted by Gasteiger charge is -2.41. The van der Waals surface area contributed by atoms with Crippen molar-refractivity contribution in [1.82, 2.24) is 34.5 Å². The molecule has 0 atom stereocenters. The van der Waals surface area contributed by atoms with Gasteiger partial charge in [0.2, 0.25) is 0 Å². The van der Waals surface area contributed by atoms with E-state index in [1.165, 1.54) is 49.5 Å². The Balaban J connectivity index is 1.20. The normalized spacial score (nSPS) is 21.5. The van der Waals surface area contributed by atoms with Gasteiger partial charge in [-0.25, -0.2) is 19.6 Å². The molecule has 0 radical (unpaired) electrons. The summed E-state index contributed by atoms with van der Waals surface area (Å²) in [5.74, 6) is 0.488. The van der Waals surface area contributed by atoms with Gasteiger partial charge in [0.15, 0.2) is 10.8 Å². The number of rotatable bonds is 6. The lowest BCUT2D eigenvalue weighted by molar-refractivity contribution is 0.0815. The summed E-state index contributed by atoms with van der Waals surface area (Å²) in [6.45, 7) is 7.49. The van der Waals surface area contributed by atoms with Crippen molar-refractivity contribution >= 4 is 33.3 Å². The molecule has 37 heavy (non-hydrogen) atoms. The fraction of sp³-hybridized carbons (Fsp3) is 0.481. The van der Waals surface area contributed by atoms with E-state index < -0.39 is 0 Å². The number of aryl methyl sites for hydroxylation is 1. The molecule has 1 aliphatic heterocycles. The molecule has 1 saturated heterocycles. The molecule has 4 aromatic rings. The quantitative estimate of drug-likeness (QED) is 0.393. The highest BCUT2D eigenvalue weighted by Crippen LogP contribution is 2.37. The van der Waals surface area contributed by atoms with E-state index >= 15 is 0 Å². The highest BCUT2D eigenvalue weighted by molar-refractivity contribution is 7.15. The van der Waals surface area contributed by atoms with E-state index in [0.29, 0.717) is 17.9 Å². The summed E-state index contributed by atoms with van der Waals surface area (Å²) in [6.07, 6.45) is 8.07. The van der Waals surface area contributed by atoms with Crippen LogP contribution in [0.2, 0.25) is 0 Å². The Labute approximate surface area is 221 Å². The zero-order chi connectivity index (χ0) is 25.4. The van der Waals surface area contributed by atoms with Gasteiger partial charge >= 0.3 is 0 Å². The average molecular weight is 518 g/mol. The fourth-order valence-electron chi connectivity index (χ4n) is 5.70. The van der Waals surface area contributed by atoms with Gasteiger partial charge in [0.25, 0.3) is 0 Å². The van der Waals surface area contributed by atoms with E-state index in [4.69, 9.17) is 10.8 Å². The van der Waals surface area contributed by atoms with Gasteiger partial charge in [-0.15, -0.1) is 11.3 Å². The van der Waals surface area contributed by atoms with Gasteiger partial charge in [-0.05, 0) is 45.2 Å². The smallest absolute Gasteiger partial charge is 0.183 e. The van der Waals surface area contributed by atoms with E-state index in [9.17, 15) is 0 Å². The van der Waals surface area contributed by atoms with Crippen molar-refractivity contribution in [3.63, 3.8) is 0 Å². The predicted molar refractivity (Wildman–Crippen MR) is 150 cm³/mol. The van der Waals surface area contributed by atoms with Crippen LogP contribution in [0, 0.1) is 6.92 Å². The largest absolute Gasteiger partial charge is 0.383 e. The second-order valence-corrected chi connectivity index (χ2v) is 11.6. The van der Waals surface area contributed by atoms with Crippen LogP contribution in [0.1, 0.15) is 42.2 Å². The third-order valence-corrected chi connectivity index (χ3v) is 8.75. The molecule has 3 N–H and O–H groups in total. The Morgan fingerprint density at radius 3 is 2.41 bits per heavy atom. The molecule has 3 aromatic heterocycles. The molecule has 9 nitrogen and oxygen atoms in total. The highest BCUT2D eigenvalue weighted by Gasteiger charge is 2.30. The highest BCUT2D eigenvalue weighted by atomic mass is 32.1. The van der Waals surface area contributed by atoms with Crippen molar-refractivity contribution in [2.45, 2.75) is 51.2 Å². The van der Waals surface area contributed by atoms with Crippen LogP contribution in [-0.4, -0.2) is 73.8 Å². The summed E-state index contributed by atoms with van der Waals surface area (Å²) in [5.41, 5.74) is 10.3. The number of likely N-dealkylation sites (N-methyl/N-ethyl adjacent to an activating group) is 1. The van der Waals surface area contributed by atoms with E-state index in [1.807, 2.05) is 6.20 Å². The first-order chi connectivity index (χ1) is 18.0. The number of benzene rings is 1. The number of nitrogens with zero attached hydrogens (tertiary/aromatic N) is 7. The molecule has 0 spiro atoms. The zero-order valence-corrected chi connectivity index (χ0v) is 22.4. The first-order valence-corrected chi connectivity index (χ1v) is 14.0. The molecule has 0 amide bonds. The number of anilines is 2. The Morgan fingerprint density at radius 1 is 0.973 bits per heavy atom. The monoisotopic (exact) mass is 517 g/mol. The average Bonchev–Trinajstić information content (AvgIpc) is 3.53. The topological polar surface area (TPSA) is 101 Å². The molecule has 10 heteroatoms. The third-order valence-electron chi connectivity index (χ3n) is 7.88. The van der Waals surface area contributed by atoms with Crippen LogP contribution in [0.5, 0.6) is 0 Å². The molecule has 4 heterocycles. The van der Waals surface area contributed by atoms with Crippen molar-refractivity contribution in [2.24, 2.45) is 0 Å². The van der Waals surface area contributed by atoms with Crippen molar-refractivity contribution in [2.75, 3.05) is 44.3 Å². The van der Waals surface area contributed by atoms with Crippen LogP contribution in [-0.2, 0) is 6.54 Å². The number of nitrogens with one attached hydrogen (secondary N) is 1. The molecule has 194 valence electrons. The molecule has 6 rings (SSSR count). The molecule has 1 aromatic carbocycles. The van der Waals surface area contributed by atoms with Crippen LogP contribution < -0.4 is 11.1 Å². The van der Waals surface area contributed by atoms with Gasteiger partial charge in [-0.2, -0.15) is 5.10 Å². The van der Waals surface area contributed by atoms with Crippen molar-refractivity contribution in [3.8, 4) is 11.3 Å². The van der Waals surface area contributed by atoms with Gasteiger partial charge in [-0.1, -0.05) is 24.3 Å². The summed E-state index contributed by atoms with van der Waals surface area (Å²) in [5, 5.41) is 10.3. The zero-order valence-electron chi connectivity index (χ0n) is 21.6. The Hall–Kier alpha value is -3.08. The minimum atomic E-state index is 0.333. The van der Waals surface area contributed by atoms with Gasteiger partial charge in [0, 0.05) is 55.4 Å². The Kier molecular flexibility index (Phi) is 6.79. The minimum Gasteiger partial charge on any atom is -0.383 e. The maximum absolute atomic E-state index is 6.38.